The average molecular weight is 278 g/mol. The molecule has 0 bridgehead atoms. The van der Waals surface area contributed by atoms with Crippen molar-refractivity contribution >= 4 is 5.91 Å². The maximum absolute atomic E-state index is 11.9. The molecule has 1 aromatic carbocycles. The first kappa shape index (κ1) is 14.7. The van der Waals surface area contributed by atoms with E-state index in [1.807, 2.05) is 23.1 Å². The van der Waals surface area contributed by atoms with Crippen LogP contribution in [-0.4, -0.2) is 44.7 Å². The van der Waals surface area contributed by atoms with Crippen LogP contribution in [0.3, 0.4) is 0 Å². The Morgan fingerprint density at radius 3 is 2.65 bits per heavy atom. The van der Waals surface area contributed by atoms with Gasteiger partial charge in [-0.3, -0.25) is 4.79 Å². The summed E-state index contributed by atoms with van der Waals surface area (Å²) < 4.78 is 10.6. The van der Waals surface area contributed by atoms with E-state index in [-0.39, 0.29) is 5.91 Å². The summed E-state index contributed by atoms with van der Waals surface area (Å²) in [5.74, 6) is 1.60. The van der Waals surface area contributed by atoms with Crippen molar-refractivity contribution in [1.29, 1.82) is 0 Å². The number of hydrogen-bond donors (Lipinski definition) is 1. The Hall–Kier alpha value is -1.75. The van der Waals surface area contributed by atoms with E-state index in [0.717, 1.165) is 37.2 Å². The van der Waals surface area contributed by atoms with E-state index >= 15 is 0 Å². The highest BCUT2D eigenvalue weighted by Gasteiger charge is 2.17. The lowest BCUT2D eigenvalue weighted by Crippen LogP contribution is -2.36. The molecule has 1 aliphatic heterocycles. The number of benzene rings is 1. The summed E-state index contributed by atoms with van der Waals surface area (Å²) in [5, 5.41) is 3.18. The molecule has 0 spiro atoms. The maximum atomic E-state index is 11.9. The van der Waals surface area contributed by atoms with Crippen LogP contribution in [0.4, 0.5) is 0 Å². The highest BCUT2D eigenvalue weighted by molar-refractivity contribution is 5.78. The van der Waals surface area contributed by atoms with Crippen molar-refractivity contribution in [3.05, 3.63) is 23.8 Å². The normalized spacial score (nSPS) is 14.4. The summed E-state index contributed by atoms with van der Waals surface area (Å²) in [6, 6.07) is 5.74. The fraction of sp³-hybridized carbons (Fsp3) is 0.533. The third kappa shape index (κ3) is 3.42. The van der Waals surface area contributed by atoms with E-state index in [9.17, 15) is 4.79 Å². The molecule has 0 saturated carbocycles. The molecule has 1 heterocycles. The molecule has 20 heavy (non-hydrogen) atoms. The Kier molecular flexibility index (Phi) is 5.24. The van der Waals surface area contributed by atoms with Gasteiger partial charge in [0.25, 0.3) is 0 Å². The molecule has 110 valence electrons. The van der Waals surface area contributed by atoms with Gasteiger partial charge in [-0.2, -0.15) is 0 Å². The molecular weight excluding hydrogens is 256 g/mol. The summed E-state index contributed by atoms with van der Waals surface area (Å²) >= 11 is 0. The summed E-state index contributed by atoms with van der Waals surface area (Å²) in [4.78, 5) is 13.8. The lowest BCUT2D eigenvalue weighted by molar-refractivity contribution is -0.129. The van der Waals surface area contributed by atoms with Gasteiger partial charge in [-0.25, -0.2) is 0 Å². The molecule has 1 saturated heterocycles. The van der Waals surface area contributed by atoms with Crippen LogP contribution in [0.25, 0.3) is 0 Å². The second kappa shape index (κ2) is 7.14. The van der Waals surface area contributed by atoms with Crippen LogP contribution in [0.2, 0.25) is 0 Å². The number of para-hydroxylation sites is 1. The van der Waals surface area contributed by atoms with E-state index in [1.54, 1.807) is 14.2 Å². The highest BCUT2D eigenvalue weighted by atomic mass is 16.5. The Morgan fingerprint density at radius 1 is 1.25 bits per heavy atom. The standard InChI is InChI=1S/C15H22N2O3/c1-19-13-7-5-6-12(15(13)20-2)10-16-11-14(18)17-8-3-4-9-17/h5-7,16H,3-4,8-11H2,1-2H3. The van der Waals surface area contributed by atoms with E-state index < -0.39 is 0 Å². The minimum Gasteiger partial charge on any atom is -0.493 e. The Labute approximate surface area is 119 Å². The molecule has 0 radical (unpaired) electrons. The molecular formula is C15H22N2O3. The molecule has 5 nitrogen and oxygen atoms in total. The number of nitrogens with zero attached hydrogens (tertiary/aromatic N) is 1. The Bertz CT molecular complexity index is 456. The molecule has 1 aliphatic rings. The molecule has 2 rings (SSSR count). The number of carbonyl (C=O) groups is 1. The lowest BCUT2D eigenvalue weighted by Gasteiger charge is -2.16. The van der Waals surface area contributed by atoms with Crippen molar-refractivity contribution < 1.29 is 14.3 Å². The molecule has 1 aromatic rings. The SMILES string of the molecule is COc1cccc(CNCC(=O)N2CCCC2)c1OC. The number of ether oxygens (including phenoxy) is 2. The van der Waals surface area contributed by atoms with E-state index in [1.165, 1.54) is 0 Å². The van der Waals surface area contributed by atoms with Crippen molar-refractivity contribution in [1.82, 2.24) is 10.2 Å². The fourth-order valence-corrected chi connectivity index (χ4v) is 2.48. The smallest absolute Gasteiger partial charge is 0.236 e. The number of likely N-dealkylation sites (tertiary alicyclic amines) is 1. The van der Waals surface area contributed by atoms with Crippen molar-refractivity contribution in [3.63, 3.8) is 0 Å². The Balaban J connectivity index is 1.89. The molecule has 1 amide bonds. The van der Waals surface area contributed by atoms with Crippen LogP contribution in [0.5, 0.6) is 11.5 Å². The molecule has 0 aromatic heterocycles. The maximum Gasteiger partial charge on any atom is 0.236 e. The van der Waals surface area contributed by atoms with Crippen LogP contribution in [-0.2, 0) is 11.3 Å². The first-order valence-electron chi connectivity index (χ1n) is 6.94. The van der Waals surface area contributed by atoms with Crippen molar-refractivity contribution in [2.45, 2.75) is 19.4 Å². The monoisotopic (exact) mass is 278 g/mol. The van der Waals surface area contributed by atoms with Crippen LogP contribution in [0.1, 0.15) is 18.4 Å². The van der Waals surface area contributed by atoms with Crippen molar-refractivity contribution in [3.8, 4) is 11.5 Å². The lowest BCUT2D eigenvalue weighted by atomic mass is 10.2. The quantitative estimate of drug-likeness (QED) is 0.855. The van der Waals surface area contributed by atoms with Crippen LogP contribution < -0.4 is 14.8 Å². The topological polar surface area (TPSA) is 50.8 Å². The van der Waals surface area contributed by atoms with Gasteiger partial charge >= 0.3 is 0 Å². The number of nitrogens with one attached hydrogen (secondary N) is 1. The fourth-order valence-electron chi connectivity index (χ4n) is 2.48. The minimum absolute atomic E-state index is 0.171. The number of carbonyl (C=O) groups excluding carboxylic acids is 1. The van der Waals surface area contributed by atoms with Gasteiger partial charge in [-0.15, -0.1) is 0 Å². The van der Waals surface area contributed by atoms with Gasteiger partial charge < -0.3 is 19.7 Å². The van der Waals surface area contributed by atoms with E-state index in [0.29, 0.717) is 18.8 Å². The molecule has 5 heteroatoms. The predicted molar refractivity (Wildman–Crippen MR) is 77.1 cm³/mol. The largest absolute Gasteiger partial charge is 0.493 e. The molecule has 0 aliphatic carbocycles. The van der Waals surface area contributed by atoms with Crippen LogP contribution >= 0.6 is 0 Å². The minimum atomic E-state index is 0.171. The number of methoxy groups -OCH3 is 2. The second-order valence-electron chi connectivity index (χ2n) is 4.84. The highest BCUT2D eigenvalue weighted by Crippen LogP contribution is 2.30. The third-order valence-electron chi connectivity index (χ3n) is 3.53. The molecule has 1 N–H and O–H groups in total. The average Bonchev–Trinajstić information content (AvgIpc) is 3.01. The summed E-state index contributed by atoms with van der Waals surface area (Å²) in [6.07, 6.45) is 2.24. The van der Waals surface area contributed by atoms with Gasteiger partial charge in [0.15, 0.2) is 11.5 Å². The number of amides is 1. The summed E-state index contributed by atoms with van der Waals surface area (Å²) in [7, 11) is 3.24. The summed E-state index contributed by atoms with van der Waals surface area (Å²) in [6.45, 7) is 2.73. The molecule has 0 unspecified atom stereocenters. The number of rotatable bonds is 6. The first-order valence-corrected chi connectivity index (χ1v) is 6.94. The van der Waals surface area contributed by atoms with Gasteiger partial charge in [0.1, 0.15) is 0 Å². The zero-order valence-corrected chi connectivity index (χ0v) is 12.1. The molecule has 0 atom stereocenters. The van der Waals surface area contributed by atoms with Gasteiger partial charge in [-0.1, -0.05) is 12.1 Å². The predicted octanol–water partition coefficient (Wildman–Crippen LogP) is 1.42. The second-order valence-corrected chi connectivity index (χ2v) is 4.84. The van der Waals surface area contributed by atoms with Gasteiger partial charge in [-0.05, 0) is 18.9 Å². The van der Waals surface area contributed by atoms with Gasteiger partial charge in [0.05, 0.1) is 20.8 Å². The number of hydrogen-bond acceptors (Lipinski definition) is 4. The molecule has 1 fully saturated rings. The van der Waals surface area contributed by atoms with Crippen molar-refractivity contribution in [2.24, 2.45) is 0 Å². The first-order chi connectivity index (χ1) is 9.76. The van der Waals surface area contributed by atoms with Crippen LogP contribution in [0.15, 0.2) is 18.2 Å². The van der Waals surface area contributed by atoms with E-state index in [4.69, 9.17) is 9.47 Å². The Morgan fingerprint density at radius 2 is 2.00 bits per heavy atom. The zero-order valence-electron chi connectivity index (χ0n) is 12.1. The van der Waals surface area contributed by atoms with E-state index in [2.05, 4.69) is 5.32 Å². The summed E-state index contributed by atoms with van der Waals surface area (Å²) in [5.41, 5.74) is 0.987. The third-order valence-corrected chi connectivity index (χ3v) is 3.53. The van der Waals surface area contributed by atoms with Crippen LogP contribution in [0, 0.1) is 0 Å². The van der Waals surface area contributed by atoms with Gasteiger partial charge in [0, 0.05) is 25.2 Å². The zero-order chi connectivity index (χ0) is 14.4. The van der Waals surface area contributed by atoms with Gasteiger partial charge in [0.2, 0.25) is 5.91 Å². The van der Waals surface area contributed by atoms with Crippen molar-refractivity contribution in [2.75, 3.05) is 33.9 Å².